The summed E-state index contributed by atoms with van der Waals surface area (Å²) in [4.78, 5) is 33.1. The summed E-state index contributed by atoms with van der Waals surface area (Å²) < 4.78 is 1.02. The molecule has 0 unspecified atom stereocenters. The monoisotopic (exact) mass is 454 g/mol. The molecule has 2 heterocycles. The minimum absolute atomic E-state index is 0.173. The third kappa shape index (κ3) is 5.24. The number of fused-ring (bicyclic) bond motifs is 1. The number of aryl methyl sites for hydroxylation is 1. The summed E-state index contributed by atoms with van der Waals surface area (Å²) in [7, 11) is 0. The molecule has 152 valence electrons. The summed E-state index contributed by atoms with van der Waals surface area (Å²) in [6, 6.07) is 15.8. The Kier molecular flexibility index (Phi) is 6.41. The number of hydrogen-bond donors (Lipinski definition) is 2. The molecule has 4 aromatic rings. The van der Waals surface area contributed by atoms with Gasteiger partial charge in [-0.05, 0) is 19.1 Å². The number of hydrogen-bond acceptors (Lipinski definition) is 7. The van der Waals surface area contributed by atoms with Gasteiger partial charge in [0.2, 0.25) is 11.8 Å². The van der Waals surface area contributed by atoms with Crippen LogP contribution in [-0.2, 0) is 9.59 Å². The molecular weight excluding hydrogens is 436 g/mol. The highest BCUT2D eigenvalue weighted by Crippen LogP contribution is 2.26. The zero-order valence-corrected chi connectivity index (χ0v) is 18.5. The maximum absolute atomic E-state index is 12.2. The summed E-state index contributed by atoms with van der Waals surface area (Å²) in [6.07, 6.45) is 0. The Morgan fingerprint density at radius 2 is 1.63 bits per heavy atom. The molecule has 0 saturated heterocycles. The Morgan fingerprint density at radius 3 is 2.37 bits per heavy atom. The normalized spacial score (nSPS) is 10.8. The van der Waals surface area contributed by atoms with Gasteiger partial charge in [-0.3, -0.25) is 9.59 Å². The molecule has 4 rings (SSSR count). The minimum Gasteiger partial charge on any atom is -0.301 e. The van der Waals surface area contributed by atoms with E-state index in [9.17, 15) is 9.59 Å². The third-order valence-corrected chi connectivity index (χ3v) is 6.75. The average Bonchev–Trinajstić information content (AvgIpc) is 3.34. The first-order chi connectivity index (χ1) is 14.6. The highest BCUT2D eigenvalue weighted by atomic mass is 32.2. The van der Waals surface area contributed by atoms with Crippen LogP contribution in [0.4, 0.5) is 10.3 Å². The van der Waals surface area contributed by atoms with Gasteiger partial charge in [-0.25, -0.2) is 9.97 Å². The molecule has 0 radical (unpaired) electrons. The van der Waals surface area contributed by atoms with Crippen LogP contribution in [0.2, 0.25) is 0 Å². The van der Waals surface area contributed by atoms with Gasteiger partial charge >= 0.3 is 0 Å². The van der Waals surface area contributed by atoms with Gasteiger partial charge in [-0.15, -0.1) is 23.1 Å². The Bertz CT molecular complexity index is 1150. The van der Waals surface area contributed by atoms with Crippen molar-refractivity contribution < 1.29 is 9.59 Å². The molecule has 0 bridgehead atoms. The van der Waals surface area contributed by atoms with Gasteiger partial charge < -0.3 is 10.6 Å². The predicted octanol–water partition coefficient (Wildman–Crippen LogP) is 5.04. The quantitative estimate of drug-likeness (QED) is 0.409. The summed E-state index contributed by atoms with van der Waals surface area (Å²) >= 11 is 4.06. The summed E-state index contributed by atoms with van der Waals surface area (Å²) in [5, 5.41) is 8.61. The predicted molar refractivity (Wildman–Crippen MR) is 126 cm³/mol. The molecule has 0 aliphatic carbocycles. The lowest BCUT2D eigenvalue weighted by Gasteiger charge is -2.03. The van der Waals surface area contributed by atoms with Crippen LogP contribution >= 0.6 is 34.4 Å². The van der Waals surface area contributed by atoms with Crippen LogP contribution in [-0.4, -0.2) is 33.3 Å². The van der Waals surface area contributed by atoms with Gasteiger partial charge in [0.1, 0.15) is 0 Å². The molecule has 2 N–H and O–H groups in total. The molecule has 0 fully saturated rings. The maximum Gasteiger partial charge on any atom is 0.236 e. The molecule has 6 nitrogen and oxygen atoms in total. The Labute approximate surface area is 185 Å². The number of amides is 2. The number of thioether (sulfide) groups is 1. The molecule has 0 saturated carbocycles. The number of benzene rings is 2. The first kappa shape index (κ1) is 20.5. The van der Waals surface area contributed by atoms with Crippen molar-refractivity contribution in [1.29, 1.82) is 0 Å². The lowest BCUT2D eigenvalue weighted by molar-refractivity contribution is -0.114. The second-order valence-corrected chi connectivity index (χ2v) is 9.35. The Morgan fingerprint density at radius 1 is 0.933 bits per heavy atom. The zero-order valence-electron chi connectivity index (χ0n) is 16.0. The zero-order chi connectivity index (χ0) is 20.9. The van der Waals surface area contributed by atoms with Gasteiger partial charge in [0.15, 0.2) is 10.3 Å². The van der Waals surface area contributed by atoms with E-state index < -0.39 is 0 Å². The van der Waals surface area contributed by atoms with Crippen molar-refractivity contribution in [2.24, 2.45) is 0 Å². The number of anilines is 2. The number of carbonyl (C=O) groups is 2. The molecule has 0 atom stereocenters. The van der Waals surface area contributed by atoms with Crippen LogP contribution in [0.5, 0.6) is 0 Å². The molecule has 9 heteroatoms. The standard InChI is InChI=1S/C21H18N4O2S3/c1-13-6-8-14(9-7-13)16-10-29-20(23-16)24-18(26)11-28-12-19(27)25-21-22-15-4-2-3-5-17(15)30-21/h2-10H,11-12H2,1H3,(H,22,25,27)(H,23,24,26). The van der Waals surface area contributed by atoms with Crippen LogP contribution in [0.15, 0.2) is 53.9 Å². The van der Waals surface area contributed by atoms with E-state index in [-0.39, 0.29) is 23.3 Å². The van der Waals surface area contributed by atoms with Gasteiger partial charge in [0, 0.05) is 10.9 Å². The third-order valence-electron chi connectivity index (χ3n) is 4.10. The van der Waals surface area contributed by atoms with Crippen molar-refractivity contribution >= 4 is 66.7 Å². The molecule has 0 aliphatic rings. The van der Waals surface area contributed by atoms with Crippen LogP contribution in [0.1, 0.15) is 5.56 Å². The molecule has 2 aromatic heterocycles. The molecule has 2 amide bonds. The minimum atomic E-state index is -0.183. The van der Waals surface area contributed by atoms with Crippen LogP contribution in [0.3, 0.4) is 0 Å². The highest BCUT2D eigenvalue weighted by Gasteiger charge is 2.11. The van der Waals surface area contributed by atoms with E-state index in [1.807, 2.05) is 60.8 Å². The fourth-order valence-corrected chi connectivity index (χ4v) is 4.90. The van der Waals surface area contributed by atoms with Crippen molar-refractivity contribution in [2.75, 3.05) is 22.1 Å². The van der Waals surface area contributed by atoms with Gasteiger partial charge in [-0.2, -0.15) is 0 Å². The van der Waals surface area contributed by atoms with Gasteiger partial charge in [-0.1, -0.05) is 53.3 Å². The van der Waals surface area contributed by atoms with E-state index in [0.29, 0.717) is 10.3 Å². The van der Waals surface area contributed by atoms with Crippen molar-refractivity contribution in [3.8, 4) is 11.3 Å². The van der Waals surface area contributed by atoms with Crippen molar-refractivity contribution in [2.45, 2.75) is 6.92 Å². The number of para-hydroxylation sites is 1. The van der Waals surface area contributed by atoms with E-state index in [4.69, 9.17) is 0 Å². The van der Waals surface area contributed by atoms with E-state index in [1.54, 1.807) is 0 Å². The van der Waals surface area contributed by atoms with E-state index in [2.05, 4.69) is 20.6 Å². The summed E-state index contributed by atoms with van der Waals surface area (Å²) in [5.41, 5.74) is 3.89. The molecule has 0 spiro atoms. The molecule has 30 heavy (non-hydrogen) atoms. The van der Waals surface area contributed by atoms with Crippen molar-refractivity contribution in [1.82, 2.24) is 9.97 Å². The molecular formula is C21H18N4O2S3. The number of nitrogens with one attached hydrogen (secondary N) is 2. The lowest BCUT2D eigenvalue weighted by Crippen LogP contribution is -2.18. The number of thiazole rings is 2. The topological polar surface area (TPSA) is 84.0 Å². The SMILES string of the molecule is Cc1ccc(-c2csc(NC(=O)CSCC(=O)Nc3nc4ccccc4s3)n2)cc1. The summed E-state index contributed by atoms with van der Waals surface area (Å²) in [5.74, 6) is -0.0110. The average molecular weight is 455 g/mol. The van der Waals surface area contributed by atoms with Gasteiger partial charge in [0.25, 0.3) is 0 Å². The van der Waals surface area contributed by atoms with E-state index >= 15 is 0 Å². The van der Waals surface area contributed by atoms with E-state index in [0.717, 1.165) is 21.5 Å². The smallest absolute Gasteiger partial charge is 0.236 e. The lowest BCUT2D eigenvalue weighted by atomic mass is 10.1. The number of rotatable bonds is 7. The fourth-order valence-electron chi connectivity index (χ4n) is 2.66. The van der Waals surface area contributed by atoms with Crippen LogP contribution in [0.25, 0.3) is 21.5 Å². The van der Waals surface area contributed by atoms with Crippen LogP contribution in [0, 0.1) is 6.92 Å². The molecule has 2 aromatic carbocycles. The fraction of sp³-hybridized carbons (Fsp3) is 0.143. The van der Waals surface area contributed by atoms with Gasteiger partial charge in [0.05, 0.1) is 27.4 Å². The molecule has 0 aliphatic heterocycles. The first-order valence-electron chi connectivity index (χ1n) is 9.12. The number of aromatic nitrogens is 2. The second-order valence-electron chi connectivity index (χ2n) is 6.48. The number of carbonyl (C=O) groups excluding carboxylic acids is 2. The van der Waals surface area contributed by atoms with Crippen LogP contribution < -0.4 is 10.6 Å². The largest absolute Gasteiger partial charge is 0.301 e. The highest BCUT2D eigenvalue weighted by molar-refractivity contribution is 8.00. The maximum atomic E-state index is 12.2. The Hall–Kier alpha value is -2.75. The second kappa shape index (κ2) is 9.38. The van der Waals surface area contributed by atoms with Crippen molar-refractivity contribution in [3.63, 3.8) is 0 Å². The summed E-state index contributed by atoms with van der Waals surface area (Å²) in [6.45, 7) is 2.04. The van der Waals surface area contributed by atoms with E-state index in [1.165, 1.54) is 40.0 Å². The van der Waals surface area contributed by atoms with Crippen molar-refractivity contribution in [3.05, 3.63) is 59.5 Å². The Balaban J connectivity index is 1.23. The first-order valence-corrected chi connectivity index (χ1v) is 12.0. The number of nitrogens with zero attached hydrogens (tertiary/aromatic N) is 2.